The molecule has 0 fully saturated rings. The molecule has 112 valence electrons. The maximum absolute atomic E-state index is 13.3. The Morgan fingerprint density at radius 3 is 2.76 bits per heavy atom. The summed E-state index contributed by atoms with van der Waals surface area (Å²) < 4.78 is 37.2. The van der Waals surface area contributed by atoms with Gasteiger partial charge in [-0.25, -0.2) is 17.9 Å². The second-order valence-corrected chi connectivity index (χ2v) is 5.75. The molecule has 0 spiro atoms. The zero-order chi connectivity index (χ0) is 15.5. The molecule has 0 aliphatic heterocycles. The van der Waals surface area contributed by atoms with Gasteiger partial charge in [-0.2, -0.15) is 0 Å². The minimum atomic E-state index is -4.05. The first-order chi connectivity index (χ1) is 9.84. The van der Waals surface area contributed by atoms with Gasteiger partial charge in [-0.1, -0.05) is 5.21 Å². The summed E-state index contributed by atoms with van der Waals surface area (Å²) in [6.07, 6.45) is 3.14. The van der Waals surface area contributed by atoms with Gasteiger partial charge < -0.3 is 5.32 Å². The van der Waals surface area contributed by atoms with Gasteiger partial charge in [-0.15, -0.1) is 5.10 Å². The lowest BCUT2D eigenvalue weighted by molar-refractivity contribution is -0.116. The number of nitrogens with zero attached hydrogens (tertiary/aromatic N) is 3. The van der Waals surface area contributed by atoms with Crippen LogP contribution in [0.3, 0.4) is 0 Å². The molecule has 1 amide bonds. The third-order valence-corrected chi connectivity index (χ3v) is 3.42. The molecule has 0 aliphatic rings. The summed E-state index contributed by atoms with van der Waals surface area (Å²) in [5.41, 5.74) is 0.0163. The summed E-state index contributed by atoms with van der Waals surface area (Å²) in [6.45, 7) is 0.295. The van der Waals surface area contributed by atoms with Gasteiger partial charge in [0.25, 0.3) is 0 Å². The highest BCUT2D eigenvalue weighted by atomic mass is 32.2. The zero-order valence-corrected chi connectivity index (χ0v) is 11.5. The lowest BCUT2D eigenvalue weighted by atomic mass is 10.3. The minimum Gasteiger partial charge on any atom is -0.326 e. The molecule has 0 atom stereocenters. The van der Waals surface area contributed by atoms with Crippen molar-refractivity contribution in [3.63, 3.8) is 0 Å². The Labute approximate surface area is 119 Å². The van der Waals surface area contributed by atoms with Gasteiger partial charge in [0.2, 0.25) is 15.9 Å². The number of hydrogen-bond acceptors (Lipinski definition) is 5. The Morgan fingerprint density at radius 2 is 2.14 bits per heavy atom. The molecule has 8 nitrogen and oxygen atoms in total. The number of benzene rings is 1. The average Bonchev–Trinajstić information content (AvgIpc) is 2.87. The lowest BCUT2D eigenvalue weighted by Crippen LogP contribution is -2.16. The van der Waals surface area contributed by atoms with Crippen LogP contribution in [0.15, 0.2) is 35.5 Å². The number of rotatable bonds is 5. The van der Waals surface area contributed by atoms with Crippen LogP contribution >= 0.6 is 0 Å². The number of carbonyl (C=O) groups is 1. The predicted molar refractivity (Wildman–Crippen MR) is 71.0 cm³/mol. The van der Waals surface area contributed by atoms with Crippen LogP contribution in [0, 0.1) is 5.82 Å². The van der Waals surface area contributed by atoms with Crippen molar-refractivity contribution in [3.05, 3.63) is 36.4 Å². The van der Waals surface area contributed by atoms with Crippen LogP contribution in [0.1, 0.15) is 6.42 Å². The molecule has 0 radical (unpaired) electrons. The SMILES string of the molecule is NS(=O)(=O)c1cc(F)cc(NC(=O)CCn2ccnn2)c1. The van der Waals surface area contributed by atoms with E-state index in [1.165, 1.54) is 10.9 Å². The van der Waals surface area contributed by atoms with Crippen molar-refractivity contribution >= 4 is 21.6 Å². The Hall–Kier alpha value is -2.33. The number of nitrogens with two attached hydrogens (primary N) is 1. The number of halogens is 1. The number of amides is 1. The first-order valence-electron chi connectivity index (χ1n) is 5.82. The van der Waals surface area contributed by atoms with Crippen molar-refractivity contribution in [2.24, 2.45) is 5.14 Å². The average molecular weight is 313 g/mol. The van der Waals surface area contributed by atoms with Gasteiger partial charge in [0.15, 0.2) is 0 Å². The van der Waals surface area contributed by atoms with E-state index in [-0.39, 0.29) is 12.1 Å². The molecule has 21 heavy (non-hydrogen) atoms. The second kappa shape index (κ2) is 5.97. The Morgan fingerprint density at radius 1 is 1.38 bits per heavy atom. The number of aryl methyl sites for hydroxylation is 1. The van der Waals surface area contributed by atoms with Crippen molar-refractivity contribution in [1.29, 1.82) is 0 Å². The highest BCUT2D eigenvalue weighted by Gasteiger charge is 2.12. The molecular formula is C11H12FN5O3S. The topological polar surface area (TPSA) is 120 Å². The maximum Gasteiger partial charge on any atom is 0.238 e. The van der Waals surface area contributed by atoms with E-state index in [0.717, 1.165) is 18.2 Å². The van der Waals surface area contributed by atoms with E-state index in [0.29, 0.717) is 6.54 Å². The molecule has 1 aromatic carbocycles. The summed E-state index contributed by atoms with van der Waals surface area (Å²) >= 11 is 0. The lowest BCUT2D eigenvalue weighted by Gasteiger charge is -2.07. The molecule has 0 aliphatic carbocycles. The second-order valence-electron chi connectivity index (χ2n) is 4.18. The number of nitrogens with one attached hydrogen (secondary N) is 1. The largest absolute Gasteiger partial charge is 0.326 e. The smallest absolute Gasteiger partial charge is 0.238 e. The quantitative estimate of drug-likeness (QED) is 0.810. The summed E-state index contributed by atoms with van der Waals surface area (Å²) in [7, 11) is -4.05. The molecule has 0 bridgehead atoms. The standard InChI is InChI=1S/C11H12FN5O3S/c12-8-5-9(7-10(6-8)21(13,19)20)15-11(18)1-3-17-4-2-14-16-17/h2,4-7H,1,3H2,(H,15,18)(H2,13,19,20). The first-order valence-corrected chi connectivity index (χ1v) is 7.36. The number of anilines is 1. The third kappa shape index (κ3) is 4.33. The van der Waals surface area contributed by atoms with Gasteiger partial charge in [0.1, 0.15) is 5.82 Å². The van der Waals surface area contributed by atoms with Crippen LogP contribution in [0.5, 0.6) is 0 Å². The van der Waals surface area contributed by atoms with Crippen molar-refractivity contribution in [2.45, 2.75) is 17.9 Å². The van der Waals surface area contributed by atoms with E-state index in [1.807, 2.05) is 0 Å². The molecule has 1 aromatic heterocycles. The van der Waals surface area contributed by atoms with Crippen molar-refractivity contribution < 1.29 is 17.6 Å². The van der Waals surface area contributed by atoms with Crippen LogP contribution in [-0.4, -0.2) is 29.3 Å². The predicted octanol–water partition coefficient (Wildman–Crippen LogP) is 0.0934. The van der Waals surface area contributed by atoms with Crippen LogP contribution in [0.2, 0.25) is 0 Å². The summed E-state index contributed by atoms with van der Waals surface area (Å²) in [4.78, 5) is 11.3. The molecule has 3 N–H and O–H groups in total. The fourth-order valence-corrected chi connectivity index (χ4v) is 2.16. The van der Waals surface area contributed by atoms with E-state index < -0.39 is 26.6 Å². The van der Waals surface area contributed by atoms with Gasteiger partial charge in [-0.3, -0.25) is 9.48 Å². The fourth-order valence-electron chi connectivity index (χ4n) is 1.59. The molecule has 0 unspecified atom stereocenters. The normalized spacial score (nSPS) is 11.3. The summed E-state index contributed by atoms with van der Waals surface area (Å²) in [5, 5.41) is 14.6. The van der Waals surface area contributed by atoms with Gasteiger partial charge in [-0.05, 0) is 18.2 Å². The van der Waals surface area contributed by atoms with Crippen LogP contribution in [0.25, 0.3) is 0 Å². The summed E-state index contributed by atoms with van der Waals surface area (Å²) in [6, 6.07) is 2.87. The Bertz CT molecular complexity index is 745. The molecule has 10 heteroatoms. The Kier molecular flexibility index (Phi) is 4.29. The van der Waals surface area contributed by atoms with Gasteiger partial charge in [0, 0.05) is 18.3 Å². The van der Waals surface area contributed by atoms with Crippen molar-refractivity contribution in [2.75, 3.05) is 5.32 Å². The van der Waals surface area contributed by atoms with Crippen molar-refractivity contribution in [3.8, 4) is 0 Å². The van der Waals surface area contributed by atoms with Gasteiger partial charge in [0.05, 0.1) is 17.6 Å². The molecule has 0 saturated heterocycles. The number of carbonyl (C=O) groups excluding carboxylic acids is 1. The minimum absolute atomic E-state index is 0.0163. The highest BCUT2D eigenvalue weighted by Crippen LogP contribution is 2.17. The molecular weight excluding hydrogens is 301 g/mol. The van der Waals surface area contributed by atoms with Crippen molar-refractivity contribution in [1.82, 2.24) is 15.0 Å². The monoisotopic (exact) mass is 313 g/mol. The molecule has 0 saturated carbocycles. The highest BCUT2D eigenvalue weighted by molar-refractivity contribution is 7.89. The van der Waals surface area contributed by atoms with Crippen LogP contribution < -0.4 is 10.5 Å². The first kappa shape index (κ1) is 15.1. The van der Waals surface area contributed by atoms with E-state index >= 15 is 0 Å². The van der Waals surface area contributed by atoms with E-state index in [4.69, 9.17) is 5.14 Å². The molecule has 2 aromatic rings. The van der Waals surface area contributed by atoms with E-state index in [1.54, 1.807) is 6.20 Å². The molecule has 1 heterocycles. The number of aromatic nitrogens is 3. The fraction of sp³-hybridized carbons (Fsp3) is 0.182. The number of sulfonamides is 1. The van der Waals surface area contributed by atoms with E-state index in [2.05, 4.69) is 15.6 Å². The zero-order valence-electron chi connectivity index (χ0n) is 10.7. The summed E-state index contributed by atoms with van der Waals surface area (Å²) in [5.74, 6) is -1.23. The van der Waals surface area contributed by atoms with Gasteiger partial charge >= 0.3 is 0 Å². The number of primary sulfonamides is 1. The molecule has 2 rings (SSSR count). The third-order valence-electron chi connectivity index (χ3n) is 2.52. The number of hydrogen-bond donors (Lipinski definition) is 2. The maximum atomic E-state index is 13.3. The van der Waals surface area contributed by atoms with E-state index in [9.17, 15) is 17.6 Å². The Balaban J connectivity index is 2.05. The van der Waals surface area contributed by atoms with Crippen LogP contribution in [0.4, 0.5) is 10.1 Å². The van der Waals surface area contributed by atoms with Crippen LogP contribution in [-0.2, 0) is 21.4 Å².